The van der Waals surface area contributed by atoms with Crippen molar-refractivity contribution >= 4 is 5.69 Å². The SMILES string of the molecule is COCc1noc(-c2cc(C)cc(C)c2N)n1. The molecule has 0 saturated carbocycles. The van der Waals surface area contributed by atoms with Crippen molar-refractivity contribution < 1.29 is 9.26 Å². The van der Waals surface area contributed by atoms with Crippen molar-refractivity contribution in [1.29, 1.82) is 0 Å². The summed E-state index contributed by atoms with van der Waals surface area (Å²) < 4.78 is 10.1. The Morgan fingerprint density at radius 3 is 2.82 bits per heavy atom. The van der Waals surface area contributed by atoms with Crippen molar-refractivity contribution in [3.05, 3.63) is 29.1 Å². The minimum absolute atomic E-state index is 0.328. The van der Waals surface area contributed by atoms with Crippen LogP contribution in [0.5, 0.6) is 0 Å². The number of nitrogens with zero attached hydrogens (tertiary/aromatic N) is 2. The van der Waals surface area contributed by atoms with E-state index in [1.807, 2.05) is 26.0 Å². The van der Waals surface area contributed by atoms with E-state index < -0.39 is 0 Å². The lowest BCUT2D eigenvalue weighted by Gasteiger charge is -2.06. The average Bonchev–Trinajstić information content (AvgIpc) is 2.72. The third-order valence-corrected chi connectivity index (χ3v) is 2.50. The molecule has 0 unspecified atom stereocenters. The van der Waals surface area contributed by atoms with Gasteiger partial charge in [-0.1, -0.05) is 11.2 Å². The summed E-state index contributed by atoms with van der Waals surface area (Å²) >= 11 is 0. The summed E-state index contributed by atoms with van der Waals surface area (Å²) in [4.78, 5) is 4.23. The second kappa shape index (κ2) is 4.55. The molecule has 0 amide bonds. The van der Waals surface area contributed by atoms with Crippen LogP contribution in [-0.4, -0.2) is 17.3 Å². The van der Waals surface area contributed by atoms with Crippen molar-refractivity contribution in [1.82, 2.24) is 10.1 Å². The molecule has 0 radical (unpaired) electrons. The van der Waals surface area contributed by atoms with Crippen LogP contribution in [0.2, 0.25) is 0 Å². The largest absolute Gasteiger partial charge is 0.398 e. The molecule has 5 nitrogen and oxygen atoms in total. The molecule has 0 fully saturated rings. The molecule has 0 aliphatic rings. The van der Waals surface area contributed by atoms with Gasteiger partial charge in [0.2, 0.25) is 0 Å². The third kappa shape index (κ3) is 2.29. The molecular weight excluding hydrogens is 218 g/mol. The molecule has 1 aromatic heterocycles. The van der Waals surface area contributed by atoms with Crippen LogP contribution in [0.1, 0.15) is 17.0 Å². The maximum Gasteiger partial charge on any atom is 0.260 e. The third-order valence-electron chi connectivity index (χ3n) is 2.50. The van der Waals surface area contributed by atoms with Crippen LogP contribution in [-0.2, 0) is 11.3 Å². The van der Waals surface area contributed by atoms with E-state index in [0.717, 1.165) is 16.7 Å². The fourth-order valence-corrected chi connectivity index (χ4v) is 1.71. The van der Waals surface area contributed by atoms with Crippen LogP contribution < -0.4 is 5.73 Å². The minimum Gasteiger partial charge on any atom is -0.398 e. The molecule has 0 spiro atoms. The Morgan fingerprint density at radius 1 is 1.35 bits per heavy atom. The first kappa shape index (κ1) is 11.6. The summed E-state index contributed by atoms with van der Waals surface area (Å²) in [6.45, 7) is 4.29. The van der Waals surface area contributed by atoms with Crippen molar-refractivity contribution in [3.63, 3.8) is 0 Å². The first-order valence-electron chi connectivity index (χ1n) is 5.30. The van der Waals surface area contributed by atoms with Gasteiger partial charge >= 0.3 is 0 Å². The minimum atomic E-state index is 0.328. The molecule has 2 N–H and O–H groups in total. The number of methoxy groups -OCH3 is 1. The van der Waals surface area contributed by atoms with E-state index in [1.54, 1.807) is 7.11 Å². The van der Waals surface area contributed by atoms with E-state index >= 15 is 0 Å². The number of nitrogen functional groups attached to an aromatic ring is 1. The molecule has 0 aliphatic carbocycles. The van der Waals surface area contributed by atoms with E-state index in [-0.39, 0.29) is 0 Å². The Bertz CT molecular complexity index is 535. The summed E-state index contributed by atoms with van der Waals surface area (Å²) in [5.41, 5.74) is 9.57. The van der Waals surface area contributed by atoms with Gasteiger partial charge in [-0.05, 0) is 31.0 Å². The number of rotatable bonds is 3. The molecule has 5 heteroatoms. The van der Waals surface area contributed by atoms with Gasteiger partial charge in [-0.15, -0.1) is 0 Å². The highest BCUT2D eigenvalue weighted by atomic mass is 16.5. The van der Waals surface area contributed by atoms with Gasteiger partial charge in [0.1, 0.15) is 6.61 Å². The predicted octanol–water partition coefficient (Wildman–Crippen LogP) is 2.08. The molecule has 0 aliphatic heterocycles. The van der Waals surface area contributed by atoms with Gasteiger partial charge in [-0.3, -0.25) is 0 Å². The number of anilines is 1. The Labute approximate surface area is 99.6 Å². The molecule has 2 rings (SSSR count). The zero-order chi connectivity index (χ0) is 12.4. The van der Waals surface area contributed by atoms with E-state index in [0.29, 0.717) is 24.0 Å². The van der Waals surface area contributed by atoms with Crippen LogP contribution in [0.15, 0.2) is 16.7 Å². The number of ether oxygens (including phenoxy) is 1. The molecule has 0 saturated heterocycles. The maximum absolute atomic E-state index is 6.01. The normalized spacial score (nSPS) is 10.8. The molecule has 90 valence electrons. The Balaban J connectivity index is 2.44. The van der Waals surface area contributed by atoms with Gasteiger partial charge < -0.3 is 15.0 Å². The number of aromatic nitrogens is 2. The zero-order valence-electron chi connectivity index (χ0n) is 10.2. The second-order valence-electron chi connectivity index (χ2n) is 3.99. The van der Waals surface area contributed by atoms with E-state index in [2.05, 4.69) is 10.1 Å². The number of hydrogen-bond donors (Lipinski definition) is 1. The van der Waals surface area contributed by atoms with Gasteiger partial charge in [0.15, 0.2) is 5.82 Å². The van der Waals surface area contributed by atoms with Crippen LogP contribution in [0.25, 0.3) is 11.5 Å². The maximum atomic E-state index is 6.01. The zero-order valence-corrected chi connectivity index (χ0v) is 10.2. The molecular formula is C12H15N3O2. The molecule has 2 aromatic rings. The van der Waals surface area contributed by atoms with Crippen molar-refractivity contribution in [3.8, 4) is 11.5 Å². The molecule has 0 atom stereocenters. The number of hydrogen-bond acceptors (Lipinski definition) is 5. The number of benzene rings is 1. The number of aryl methyl sites for hydroxylation is 2. The predicted molar refractivity (Wildman–Crippen MR) is 64.3 cm³/mol. The Morgan fingerprint density at radius 2 is 2.12 bits per heavy atom. The topological polar surface area (TPSA) is 74.2 Å². The monoisotopic (exact) mass is 233 g/mol. The van der Waals surface area contributed by atoms with Crippen LogP contribution in [0.4, 0.5) is 5.69 Å². The van der Waals surface area contributed by atoms with Crippen LogP contribution >= 0.6 is 0 Å². The second-order valence-corrected chi connectivity index (χ2v) is 3.99. The average molecular weight is 233 g/mol. The molecule has 0 bridgehead atoms. The summed E-state index contributed by atoms with van der Waals surface area (Å²) in [5.74, 6) is 0.947. The van der Waals surface area contributed by atoms with Crippen molar-refractivity contribution in [2.24, 2.45) is 0 Å². The summed E-state index contributed by atoms with van der Waals surface area (Å²) in [5, 5.41) is 3.82. The van der Waals surface area contributed by atoms with Crippen LogP contribution in [0, 0.1) is 13.8 Å². The van der Waals surface area contributed by atoms with Crippen molar-refractivity contribution in [2.45, 2.75) is 20.5 Å². The van der Waals surface area contributed by atoms with Gasteiger partial charge in [0.05, 0.1) is 5.56 Å². The summed E-state index contributed by atoms with van der Waals surface area (Å²) in [6, 6.07) is 3.96. The smallest absolute Gasteiger partial charge is 0.260 e. The highest BCUT2D eigenvalue weighted by Gasteiger charge is 2.13. The summed E-state index contributed by atoms with van der Waals surface area (Å²) in [7, 11) is 1.58. The van der Waals surface area contributed by atoms with E-state index in [4.69, 9.17) is 15.0 Å². The first-order valence-corrected chi connectivity index (χ1v) is 5.30. The lowest BCUT2D eigenvalue weighted by Crippen LogP contribution is -1.95. The van der Waals surface area contributed by atoms with Gasteiger partial charge in [-0.25, -0.2) is 0 Å². The molecule has 17 heavy (non-hydrogen) atoms. The molecule has 1 aromatic carbocycles. The summed E-state index contributed by atoms with van der Waals surface area (Å²) in [6.07, 6.45) is 0. The van der Waals surface area contributed by atoms with E-state index in [1.165, 1.54) is 0 Å². The van der Waals surface area contributed by atoms with Gasteiger partial charge in [0, 0.05) is 12.8 Å². The quantitative estimate of drug-likeness (QED) is 0.821. The highest BCUT2D eigenvalue weighted by Crippen LogP contribution is 2.28. The fraction of sp³-hybridized carbons (Fsp3) is 0.333. The lowest BCUT2D eigenvalue weighted by atomic mass is 10.0. The fourth-order valence-electron chi connectivity index (χ4n) is 1.71. The molecule has 1 heterocycles. The van der Waals surface area contributed by atoms with Crippen molar-refractivity contribution in [2.75, 3.05) is 12.8 Å². The number of nitrogens with two attached hydrogens (primary N) is 1. The highest BCUT2D eigenvalue weighted by molar-refractivity contribution is 5.74. The first-order chi connectivity index (χ1) is 8.11. The Kier molecular flexibility index (Phi) is 3.10. The van der Waals surface area contributed by atoms with E-state index in [9.17, 15) is 0 Å². The lowest BCUT2D eigenvalue weighted by molar-refractivity contribution is 0.174. The standard InChI is InChI=1S/C12H15N3O2/c1-7-4-8(2)11(13)9(5-7)12-14-10(6-16-3)15-17-12/h4-5H,6,13H2,1-3H3. The Hall–Kier alpha value is -1.88. The van der Waals surface area contributed by atoms with Gasteiger partial charge in [0.25, 0.3) is 5.89 Å². The van der Waals surface area contributed by atoms with Crippen LogP contribution in [0.3, 0.4) is 0 Å². The van der Waals surface area contributed by atoms with Gasteiger partial charge in [-0.2, -0.15) is 4.98 Å².